The molecule has 2 rings (SSSR count). The van der Waals surface area contributed by atoms with E-state index in [1.54, 1.807) is 0 Å². The SMILES string of the molecule is NCCCCCCc1nc(C(=O)NC2CC2)no1. The summed E-state index contributed by atoms with van der Waals surface area (Å²) in [7, 11) is 0. The molecule has 1 aromatic rings. The molecule has 0 unspecified atom stereocenters. The second-order valence-corrected chi connectivity index (χ2v) is 4.71. The van der Waals surface area contributed by atoms with Crippen molar-refractivity contribution >= 4 is 5.91 Å². The largest absolute Gasteiger partial charge is 0.346 e. The molecule has 3 N–H and O–H groups in total. The van der Waals surface area contributed by atoms with Gasteiger partial charge in [0.1, 0.15) is 0 Å². The molecule has 18 heavy (non-hydrogen) atoms. The van der Waals surface area contributed by atoms with Crippen LogP contribution in [0.25, 0.3) is 0 Å². The lowest BCUT2D eigenvalue weighted by atomic mass is 10.1. The molecule has 1 aliphatic rings. The maximum Gasteiger partial charge on any atom is 0.292 e. The monoisotopic (exact) mass is 252 g/mol. The smallest absolute Gasteiger partial charge is 0.292 e. The van der Waals surface area contributed by atoms with Crippen molar-refractivity contribution in [1.29, 1.82) is 0 Å². The van der Waals surface area contributed by atoms with Crippen LogP contribution in [0.5, 0.6) is 0 Å². The van der Waals surface area contributed by atoms with E-state index in [2.05, 4.69) is 15.5 Å². The van der Waals surface area contributed by atoms with Gasteiger partial charge >= 0.3 is 0 Å². The number of unbranched alkanes of at least 4 members (excludes halogenated alkanes) is 3. The summed E-state index contributed by atoms with van der Waals surface area (Å²) in [5.41, 5.74) is 5.42. The average Bonchev–Trinajstić information content (AvgIpc) is 3.05. The molecule has 0 spiro atoms. The Bertz CT molecular complexity index is 387. The van der Waals surface area contributed by atoms with Crippen LogP contribution in [0.3, 0.4) is 0 Å². The standard InChI is InChI=1S/C12H20N4O2/c13-8-4-2-1-3-5-10-15-11(16-18-10)12(17)14-9-6-7-9/h9H,1-8,13H2,(H,14,17). The van der Waals surface area contributed by atoms with E-state index < -0.39 is 0 Å². The molecular formula is C12H20N4O2. The van der Waals surface area contributed by atoms with Gasteiger partial charge in [-0.1, -0.05) is 18.0 Å². The van der Waals surface area contributed by atoms with E-state index in [9.17, 15) is 4.79 Å². The van der Waals surface area contributed by atoms with Gasteiger partial charge in [0.05, 0.1) is 0 Å². The average molecular weight is 252 g/mol. The van der Waals surface area contributed by atoms with Crippen LogP contribution in [-0.4, -0.2) is 28.6 Å². The maximum absolute atomic E-state index is 11.6. The minimum Gasteiger partial charge on any atom is -0.346 e. The van der Waals surface area contributed by atoms with Crippen LogP contribution in [0, 0.1) is 0 Å². The van der Waals surface area contributed by atoms with Crippen molar-refractivity contribution in [2.75, 3.05) is 6.54 Å². The van der Waals surface area contributed by atoms with Gasteiger partial charge in [0, 0.05) is 12.5 Å². The summed E-state index contributed by atoms with van der Waals surface area (Å²) in [6.07, 6.45) is 7.11. The van der Waals surface area contributed by atoms with Gasteiger partial charge in [0.2, 0.25) is 5.89 Å². The number of aromatic nitrogens is 2. The van der Waals surface area contributed by atoms with Gasteiger partial charge in [0.15, 0.2) is 0 Å². The molecule has 1 amide bonds. The molecule has 100 valence electrons. The van der Waals surface area contributed by atoms with E-state index in [1.807, 2.05) is 0 Å². The maximum atomic E-state index is 11.6. The van der Waals surface area contributed by atoms with Crippen molar-refractivity contribution in [3.8, 4) is 0 Å². The highest BCUT2D eigenvalue weighted by Gasteiger charge is 2.25. The molecule has 1 saturated carbocycles. The lowest BCUT2D eigenvalue weighted by Crippen LogP contribution is -2.26. The van der Waals surface area contributed by atoms with Crippen molar-refractivity contribution in [3.63, 3.8) is 0 Å². The number of nitrogens with one attached hydrogen (secondary N) is 1. The molecule has 0 saturated heterocycles. The van der Waals surface area contributed by atoms with Crippen LogP contribution in [0.15, 0.2) is 4.52 Å². The first kappa shape index (κ1) is 13.0. The molecular weight excluding hydrogens is 232 g/mol. The predicted octanol–water partition coefficient (Wildman–Crippen LogP) is 1.02. The first-order valence-electron chi connectivity index (χ1n) is 6.63. The van der Waals surface area contributed by atoms with Crippen molar-refractivity contribution in [3.05, 3.63) is 11.7 Å². The molecule has 1 aliphatic carbocycles. The van der Waals surface area contributed by atoms with Crippen molar-refractivity contribution in [2.45, 2.75) is 51.0 Å². The number of hydrogen-bond acceptors (Lipinski definition) is 5. The molecule has 1 fully saturated rings. The van der Waals surface area contributed by atoms with Gasteiger partial charge in [-0.05, 0) is 32.2 Å². The van der Waals surface area contributed by atoms with Crippen molar-refractivity contribution < 1.29 is 9.32 Å². The molecule has 0 bridgehead atoms. The van der Waals surface area contributed by atoms with Gasteiger partial charge in [0.25, 0.3) is 11.7 Å². The minimum absolute atomic E-state index is 0.152. The van der Waals surface area contributed by atoms with E-state index in [0.29, 0.717) is 11.9 Å². The Morgan fingerprint density at radius 1 is 1.33 bits per heavy atom. The fourth-order valence-corrected chi connectivity index (χ4v) is 1.70. The number of aryl methyl sites for hydroxylation is 1. The van der Waals surface area contributed by atoms with E-state index in [1.165, 1.54) is 0 Å². The second kappa shape index (κ2) is 6.49. The Labute approximate surface area is 106 Å². The highest BCUT2D eigenvalue weighted by Crippen LogP contribution is 2.19. The third kappa shape index (κ3) is 4.10. The van der Waals surface area contributed by atoms with Gasteiger partial charge in [-0.3, -0.25) is 4.79 Å². The number of hydrogen-bond donors (Lipinski definition) is 2. The molecule has 6 heteroatoms. The van der Waals surface area contributed by atoms with E-state index in [-0.39, 0.29) is 11.7 Å². The zero-order valence-corrected chi connectivity index (χ0v) is 10.5. The highest BCUT2D eigenvalue weighted by molar-refractivity contribution is 5.90. The molecule has 0 radical (unpaired) electrons. The molecule has 6 nitrogen and oxygen atoms in total. The van der Waals surface area contributed by atoms with Crippen LogP contribution in [-0.2, 0) is 6.42 Å². The number of amides is 1. The summed E-state index contributed by atoms with van der Waals surface area (Å²) in [4.78, 5) is 15.7. The fourth-order valence-electron chi connectivity index (χ4n) is 1.70. The Morgan fingerprint density at radius 3 is 2.83 bits per heavy atom. The first-order valence-corrected chi connectivity index (χ1v) is 6.63. The molecule has 1 heterocycles. The summed E-state index contributed by atoms with van der Waals surface area (Å²) in [5.74, 6) is 0.471. The van der Waals surface area contributed by atoms with Gasteiger partial charge < -0.3 is 15.6 Å². The van der Waals surface area contributed by atoms with Gasteiger partial charge in [-0.2, -0.15) is 4.98 Å². The van der Waals surface area contributed by atoms with Crippen molar-refractivity contribution in [2.24, 2.45) is 5.73 Å². The zero-order valence-electron chi connectivity index (χ0n) is 10.5. The molecule has 0 atom stereocenters. The van der Waals surface area contributed by atoms with Crippen LogP contribution < -0.4 is 11.1 Å². The Hall–Kier alpha value is -1.43. The third-order valence-electron chi connectivity index (χ3n) is 2.93. The highest BCUT2D eigenvalue weighted by atomic mass is 16.5. The second-order valence-electron chi connectivity index (χ2n) is 4.71. The number of nitrogens with zero attached hydrogens (tertiary/aromatic N) is 2. The summed E-state index contributed by atoms with van der Waals surface area (Å²) < 4.78 is 5.05. The third-order valence-corrected chi connectivity index (χ3v) is 2.93. The first-order chi connectivity index (χ1) is 8.79. The fraction of sp³-hybridized carbons (Fsp3) is 0.750. The van der Waals surface area contributed by atoms with E-state index >= 15 is 0 Å². The summed E-state index contributed by atoms with van der Waals surface area (Å²) in [6, 6.07) is 0.315. The summed E-state index contributed by atoms with van der Waals surface area (Å²) in [5, 5.41) is 6.52. The summed E-state index contributed by atoms with van der Waals surface area (Å²) in [6.45, 7) is 0.742. The minimum atomic E-state index is -0.226. The van der Waals surface area contributed by atoms with E-state index in [4.69, 9.17) is 10.3 Å². The number of rotatable bonds is 8. The van der Waals surface area contributed by atoms with Crippen LogP contribution in [0.2, 0.25) is 0 Å². The van der Waals surface area contributed by atoms with Gasteiger partial charge in [-0.25, -0.2) is 0 Å². The van der Waals surface area contributed by atoms with Crippen LogP contribution >= 0.6 is 0 Å². The van der Waals surface area contributed by atoms with Crippen molar-refractivity contribution in [1.82, 2.24) is 15.5 Å². The lowest BCUT2D eigenvalue weighted by Gasteiger charge is -1.96. The number of carbonyl (C=O) groups excluding carboxylic acids is 1. The Balaban J connectivity index is 1.69. The number of nitrogens with two attached hydrogens (primary N) is 1. The topological polar surface area (TPSA) is 94.0 Å². The molecule has 1 aromatic heterocycles. The molecule has 0 aliphatic heterocycles. The Kier molecular flexibility index (Phi) is 4.69. The van der Waals surface area contributed by atoms with E-state index in [0.717, 1.165) is 51.5 Å². The van der Waals surface area contributed by atoms with Crippen LogP contribution in [0.1, 0.15) is 55.0 Å². The van der Waals surface area contributed by atoms with Gasteiger partial charge in [-0.15, -0.1) is 0 Å². The lowest BCUT2D eigenvalue weighted by molar-refractivity contribution is 0.0937. The normalized spacial score (nSPS) is 14.7. The predicted molar refractivity (Wildman–Crippen MR) is 66.0 cm³/mol. The summed E-state index contributed by atoms with van der Waals surface area (Å²) >= 11 is 0. The van der Waals surface area contributed by atoms with Crippen LogP contribution in [0.4, 0.5) is 0 Å². The Morgan fingerprint density at radius 2 is 2.11 bits per heavy atom. The number of carbonyl (C=O) groups is 1. The quantitative estimate of drug-likeness (QED) is 0.674. The zero-order chi connectivity index (χ0) is 12.8. The molecule has 0 aromatic carbocycles.